The lowest BCUT2D eigenvalue weighted by atomic mass is 10.1. The van der Waals surface area contributed by atoms with Crippen LogP contribution in [0.15, 0.2) is 12.1 Å². The smallest absolute Gasteiger partial charge is 0.309 e. The molecule has 6 nitrogen and oxygen atoms in total. The highest BCUT2D eigenvalue weighted by Gasteiger charge is 2.45. The van der Waals surface area contributed by atoms with E-state index in [9.17, 15) is 22.0 Å². The Bertz CT molecular complexity index is 1190. The van der Waals surface area contributed by atoms with Crippen molar-refractivity contribution in [1.82, 2.24) is 19.5 Å². The summed E-state index contributed by atoms with van der Waals surface area (Å²) in [5.41, 5.74) is 2.02. The van der Waals surface area contributed by atoms with E-state index in [2.05, 4.69) is 19.7 Å². The first kappa shape index (κ1) is 24.6. The minimum atomic E-state index is -5.06. The summed E-state index contributed by atoms with van der Waals surface area (Å²) >= 11 is 6.32. The molecule has 0 saturated carbocycles. The Morgan fingerprint density at radius 3 is 2.26 bits per heavy atom. The van der Waals surface area contributed by atoms with E-state index >= 15 is 0 Å². The molecule has 12 heteroatoms. The third-order valence-electron chi connectivity index (χ3n) is 5.76. The minimum Gasteiger partial charge on any atom is -0.309 e. The Balaban J connectivity index is 1.97. The van der Waals surface area contributed by atoms with Crippen molar-refractivity contribution in [3.05, 3.63) is 39.9 Å². The van der Waals surface area contributed by atoms with E-state index in [-0.39, 0.29) is 16.1 Å². The predicted molar refractivity (Wildman–Crippen MR) is 118 cm³/mol. The van der Waals surface area contributed by atoms with Crippen LogP contribution in [-0.4, -0.2) is 38.9 Å². The lowest BCUT2D eigenvalue weighted by molar-refractivity contribution is -0.276. The number of fused-ring (bicyclic) bond motifs is 3. The number of imidazole rings is 1. The molecule has 0 saturated heterocycles. The maximum Gasteiger partial charge on any atom is 0.419 e. The zero-order chi connectivity index (χ0) is 24.8. The maximum absolute atomic E-state index is 13.8. The van der Waals surface area contributed by atoms with Crippen molar-refractivity contribution in [2.24, 2.45) is 0 Å². The summed E-state index contributed by atoms with van der Waals surface area (Å²) in [7, 11) is 0. The summed E-state index contributed by atoms with van der Waals surface area (Å²) in [5.74, 6) is 0.996. The maximum atomic E-state index is 13.8. The van der Waals surface area contributed by atoms with Gasteiger partial charge in [-0.15, -0.1) is 0 Å². The second-order valence-electron chi connectivity index (χ2n) is 7.94. The summed E-state index contributed by atoms with van der Waals surface area (Å²) in [5, 5.41) is 0.116. The summed E-state index contributed by atoms with van der Waals surface area (Å²) in [6.07, 6.45) is -6.08. The number of rotatable bonds is 6. The summed E-state index contributed by atoms with van der Waals surface area (Å²) in [6, 6.07) is 2.29. The second-order valence-corrected chi connectivity index (χ2v) is 8.35. The van der Waals surface area contributed by atoms with Crippen molar-refractivity contribution in [3.8, 4) is 0 Å². The van der Waals surface area contributed by atoms with Gasteiger partial charge in [0.05, 0.1) is 27.6 Å². The lowest BCUT2D eigenvalue weighted by Gasteiger charge is -2.32. The Labute approximate surface area is 197 Å². The Kier molecular flexibility index (Phi) is 6.69. The van der Waals surface area contributed by atoms with E-state index in [4.69, 9.17) is 11.6 Å². The fourth-order valence-electron chi connectivity index (χ4n) is 4.47. The molecule has 1 aliphatic heterocycles. The Hall–Kier alpha value is -2.53. The molecule has 3 aromatic rings. The number of halogens is 6. The number of ether oxygens (including phenoxy) is 1. The van der Waals surface area contributed by atoms with Gasteiger partial charge in [0.15, 0.2) is 6.10 Å². The van der Waals surface area contributed by atoms with Gasteiger partial charge in [-0.25, -0.2) is 15.0 Å². The Morgan fingerprint density at radius 2 is 1.71 bits per heavy atom. The monoisotopic (exact) mass is 503 g/mol. The normalized spacial score (nSPS) is 15.3. The van der Waals surface area contributed by atoms with Crippen LogP contribution in [0.5, 0.6) is 0 Å². The molecule has 34 heavy (non-hydrogen) atoms. The van der Waals surface area contributed by atoms with E-state index in [1.165, 1.54) is 6.07 Å². The molecule has 0 fully saturated rings. The number of alkyl halides is 5. The van der Waals surface area contributed by atoms with Crippen LogP contribution in [0.1, 0.15) is 49.1 Å². The molecule has 4 rings (SSSR count). The van der Waals surface area contributed by atoms with Gasteiger partial charge in [0.2, 0.25) is 5.95 Å². The molecule has 0 aliphatic carbocycles. The van der Waals surface area contributed by atoms with Crippen LogP contribution in [0.25, 0.3) is 11.0 Å². The van der Waals surface area contributed by atoms with Gasteiger partial charge < -0.3 is 14.2 Å². The van der Waals surface area contributed by atoms with E-state index in [1.54, 1.807) is 11.5 Å². The van der Waals surface area contributed by atoms with Crippen LogP contribution in [0.3, 0.4) is 0 Å². The summed E-state index contributed by atoms with van der Waals surface area (Å²) < 4.78 is 72.8. The van der Waals surface area contributed by atoms with E-state index in [0.29, 0.717) is 44.1 Å². The van der Waals surface area contributed by atoms with Crippen LogP contribution in [0.2, 0.25) is 5.02 Å². The second kappa shape index (κ2) is 9.26. The Morgan fingerprint density at radius 1 is 1.06 bits per heavy atom. The van der Waals surface area contributed by atoms with Crippen LogP contribution >= 0.6 is 11.6 Å². The van der Waals surface area contributed by atoms with Gasteiger partial charge in [-0.05, 0) is 32.3 Å². The fourth-order valence-corrected chi connectivity index (χ4v) is 4.67. The first-order valence-corrected chi connectivity index (χ1v) is 11.3. The SMILES string of the molecule is CCc1nc(C)nc(CC)c1N1CCCn2c1nc1c(Cl)ccc(C(OC(F)F)C(F)(F)F)c12. The molecule has 0 spiro atoms. The molecule has 0 amide bonds. The van der Waals surface area contributed by atoms with Gasteiger partial charge in [-0.1, -0.05) is 31.5 Å². The largest absolute Gasteiger partial charge is 0.419 e. The zero-order valence-corrected chi connectivity index (χ0v) is 19.5. The van der Waals surface area contributed by atoms with E-state index < -0.39 is 24.5 Å². The quantitative estimate of drug-likeness (QED) is 0.370. The molecule has 3 heterocycles. The summed E-state index contributed by atoms with van der Waals surface area (Å²) in [6.45, 7) is 3.00. The number of nitrogens with zero attached hydrogens (tertiary/aromatic N) is 5. The van der Waals surface area contributed by atoms with Gasteiger partial charge in [0.25, 0.3) is 0 Å². The minimum absolute atomic E-state index is 0.0271. The van der Waals surface area contributed by atoms with Gasteiger partial charge in [-0.2, -0.15) is 22.0 Å². The molecule has 184 valence electrons. The molecule has 1 unspecified atom stereocenters. The first-order valence-electron chi connectivity index (χ1n) is 10.9. The lowest BCUT2D eigenvalue weighted by Crippen LogP contribution is -2.31. The van der Waals surface area contributed by atoms with Crippen molar-refractivity contribution >= 4 is 34.3 Å². The molecular weight excluding hydrogens is 481 g/mol. The van der Waals surface area contributed by atoms with E-state index in [0.717, 1.165) is 23.1 Å². The van der Waals surface area contributed by atoms with Gasteiger partial charge in [0, 0.05) is 18.7 Å². The molecule has 1 aromatic carbocycles. The molecule has 2 aromatic heterocycles. The highest BCUT2D eigenvalue weighted by Crippen LogP contribution is 2.44. The summed E-state index contributed by atoms with van der Waals surface area (Å²) in [4.78, 5) is 15.6. The van der Waals surface area contributed by atoms with Crippen molar-refractivity contribution in [2.75, 3.05) is 11.4 Å². The van der Waals surface area contributed by atoms with Gasteiger partial charge in [-0.3, -0.25) is 0 Å². The standard InChI is InChI=1S/C22H23ClF5N5O/c1-4-14-18(15(5-2)30-11(3)29-14)33-10-6-9-32-17-12(19(22(26,27)28)34-20(24)25)7-8-13(23)16(17)31-21(32)33/h7-8,19-20H,4-6,9-10H2,1-3H3. The number of anilines is 2. The third-order valence-corrected chi connectivity index (χ3v) is 6.06. The van der Waals surface area contributed by atoms with Gasteiger partial charge in [0.1, 0.15) is 11.3 Å². The average molecular weight is 504 g/mol. The van der Waals surface area contributed by atoms with Crippen LogP contribution in [-0.2, 0) is 24.1 Å². The molecule has 0 bridgehead atoms. The van der Waals surface area contributed by atoms with Crippen molar-refractivity contribution < 1.29 is 26.7 Å². The predicted octanol–water partition coefficient (Wildman–Crippen LogP) is 6.30. The number of aryl methyl sites for hydroxylation is 4. The average Bonchev–Trinajstić information content (AvgIpc) is 3.17. The first-order chi connectivity index (χ1) is 16.1. The van der Waals surface area contributed by atoms with Crippen LogP contribution < -0.4 is 4.90 Å². The van der Waals surface area contributed by atoms with Crippen molar-refractivity contribution in [1.29, 1.82) is 0 Å². The van der Waals surface area contributed by atoms with Crippen molar-refractivity contribution in [2.45, 2.75) is 65.5 Å². The highest BCUT2D eigenvalue weighted by atomic mass is 35.5. The molecule has 0 N–H and O–H groups in total. The van der Waals surface area contributed by atoms with Crippen LogP contribution in [0, 0.1) is 6.92 Å². The fraction of sp³-hybridized carbons (Fsp3) is 0.500. The number of hydrogen-bond donors (Lipinski definition) is 0. The van der Waals surface area contributed by atoms with Gasteiger partial charge >= 0.3 is 12.8 Å². The van der Waals surface area contributed by atoms with Crippen molar-refractivity contribution in [3.63, 3.8) is 0 Å². The molecule has 1 aliphatic rings. The number of hydrogen-bond acceptors (Lipinski definition) is 5. The van der Waals surface area contributed by atoms with Crippen LogP contribution in [0.4, 0.5) is 33.6 Å². The third kappa shape index (κ3) is 4.31. The topological polar surface area (TPSA) is 56.1 Å². The number of benzene rings is 1. The molecule has 1 atom stereocenters. The highest BCUT2D eigenvalue weighted by molar-refractivity contribution is 6.35. The molecular formula is C22H23ClF5N5O. The molecule has 0 radical (unpaired) electrons. The van der Waals surface area contributed by atoms with E-state index in [1.807, 2.05) is 18.7 Å². The number of aromatic nitrogens is 4. The zero-order valence-electron chi connectivity index (χ0n) is 18.8.